The SMILES string of the molecule is CC(=[OH+])[CH-]C(C)=[OH+].CC(=[OH+])[CH-]C(C)=[OH+].CC[OH2+].CC[OH2+].[Ti]. The summed E-state index contributed by atoms with van der Waals surface area (Å²) in [5.41, 5.74) is 0. The second-order valence-corrected chi connectivity index (χ2v) is 3.56. The molecule has 21 heavy (non-hydrogen) atoms. The van der Waals surface area contributed by atoms with Crippen LogP contribution in [0.3, 0.4) is 0 Å². The van der Waals surface area contributed by atoms with Crippen molar-refractivity contribution in [2.75, 3.05) is 13.2 Å². The third-order valence-electron chi connectivity index (χ3n) is 0.836. The van der Waals surface area contributed by atoms with E-state index in [0.29, 0.717) is 13.2 Å². The molecule has 124 valence electrons. The summed E-state index contributed by atoms with van der Waals surface area (Å²) in [6.07, 6.45) is 2.56. The van der Waals surface area contributed by atoms with Gasteiger partial charge in [0.25, 0.3) is 0 Å². The quantitative estimate of drug-likeness (QED) is 0.296. The smallest absolute Gasteiger partial charge is 0.176 e. The van der Waals surface area contributed by atoms with E-state index < -0.39 is 0 Å². The standard InChI is InChI=1S/2C5H7O2.2C2H6O.Ti/c2*1-4(6)3-5(2)7;2*1-2-3;/h2*3H,1-2H3;2*3H,2H2,1H3;/q2*-1;;;/p+6. The van der Waals surface area contributed by atoms with Crippen LogP contribution in [0.15, 0.2) is 0 Å². The van der Waals surface area contributed by atoms with Gasteiger partial charge in [-0.25, -0.2) is 0 Å². The van der Waals surface area contributed by atoms with Crippen LogP contribution in [0.2, 0.25) is 0 Å². The van der Waals surface area contributed by atoms with Crippen LogP contribution in [0.4, 0.5) is 0 Å². The fraction of sp³-hybridized carbons (Fsp3) is 0.571. The third-order valence-corrected chi connectivity index (χ3v) is 0.836. The molecule has 0 aromatic carbocycles. The molecular weight excluding hydrogens is 312 g/mol. The molecule has 0 heterocycles. The predicted octanol–water partition coefficient (Wildman–Crippen LogP) is 0.0999. The molecule has 8 N–H and O–H groups in total. The second kappa shape index (κ2) is 27.4. The van der Waals surface area contributed by atoms with Crippen LogP contribution in [-0.4, -0.2) is 65.7 Å². The molecule has 7 heteroatoms. The Morgan fingerprint density at radius 2 is 0.762 bits per heavy atom. The summed E-state index contributed by atoms with van der Waals surface area (Å²) in [6.45, 7) is 10.6. The van der Waals surface area contributed by atoms with Crippen LogP contribution < -0.4 is 0 Å². The Kier molecular flexibility index (Phi) is 41.9. The van der Waals surface area contributed by atoms with Crippen molar-refractivity contribution >= 4 is 23.1 Å². The van der Waals surface area contributed by atoms with Gasteiger partial charge in [-0.1, -0.05) is 0 Å². The van der Waals surface area contributed by atoms with Crippen LogP contribution in [0.5, 0.6) is 0 Å². The molecule has 0 unspecified atom stereocenters. The van der Waals surface area contributed by atoms with Crippen molar-refractivity contribution < 1.29 is 51.1 Å². The van der Waals surface area contributed by atoms with Gasteiger partial charge in [0.15, 0.2) is 23.1 Å². The molecule has 0 aliphatic rings. The fourth-order valence-corrected chi connectivity index (χ4v) is 0.605. The van der Waals surface area contributed by atoms with E-state index in [0.717, 1.165) is 0 Å². The molecule has 0 rings (SSSR count). The van der Waals surface area contributed by atoms with E-state index >= 15 is 0 Å². The van der Waals surface area contributed by atoms with Crippen molar-refractivity contribution in [3.63, 3.8) is 0 Å². The Morgan fingerprint density at radius 1 is 0.667 bits per heavy atom. The van der Waals surface area contributed by atoms with Crippen LogP contribution in [0, 0.1) is 12.8 Å². The molecule has 0 spiro atoms. The number of hydrogen-bond acceptors (Lipinski definition) is 0. The second-order valence-electron chi connectivity index (χ2n) is 3.56. The fourth-order valence-electron chi connectivity index (χ4n) is 0.605. The number of carbonyl (C=O) groups excluding carboxylic acids is 4. The molecule has 0 aliphatic heterocycles. The maximum atomic E-state index is 8.40. The Balaban J connectivity index is -0.0000000576. The zero-order valence-corrected chi connectivity index (χ0v) is 15.4. The molecule has 0 atom stereocenters. The van der Waals surface area contributed by atoms with Crippen LogP contribution in [-0.2, 0) is 21.7 Å². The Hall–Kier alpha value is -0.946. The summed E-state index contributed by atoms with van der Waals surface area (Å²) < 4.78 is 0. The minimum atomic E-state index is 0. The zero-order chi connectivity index (χ0) is 17.1. The molecular formula is C14H32O6Ti+4. The molecule has 0 saturated heterocycles. The number of ketones is 4. The first-order valence-electron chi connectivity index (χ1n) is 6.17. The van der Waals surface area contributed by atoms with Gasteiger partial charge in [-0.05, 0) is 0 Å². The molecule has 0 saturated carbocycles. The summed E-state index contributed by atoms with van der Waals surface area (Å²) in [5.74, 6) is 0.500. The first kappa shape index (κ1) is 32.1. The van der Waals surface area contributed by atoms with Gasteiger partial charge in [0.05, 0.1) is 0 Å². The Labute approximate surface area is 142 Å². The minimum absolute atomic E-state index is 0. The van der Waals surface area contributed by atoms with E-state index in [9.17, 15) is 0 Å². The minimum Gasteiger partial charge on any atom is -0.446 e. The van der Waals surface area contributed by atoms with Gasteiger partial charge in [-0.15, -0.1) is 0 Å². The van der Waals surface area contributed by atoms with Gasteiger partial charge in [0.1, 0.15) is 13.2 Å². The van der Waals surface area contributed by atoms with Gasteiger partial charge in [-0.2, -0.15) is 12.8 Å². The maximum Gasteiger partial charge on any atom is 0.176 e. The normalized spacial score (nSPS) is 6.86. The Morgan fingerprint density at radius 3 is 0.762 bits per heavy atom. The van der Waals surface area contributed by atoms with Gasteiger partial charge in [0, 0.05) is 63.3 Å². The van der Waals surface area contributed by atoms with Gasteiger partial charge >= 0.3 is 0 Å². The summed E-state index contributed by atoms with van der Waals surface area (Å²) in [4.78, 5) is 33.6. The molecule has 0 bridgehead atoms. The molecule has 0 aliphatic carbocycles. The Bertz CT molecular complexity index is 225. The largest absolute Gasteiger partial charge is 0.446 e. The van der Waals surface area contributed by atoms with E-state index in [1.165, 1.54) is 40.5 Å². The van der Waals surface area contributed by atoms with Gasteiger partial charge in [0.2, 0.25) is 0 Å². The molecule has 0 amide bonds. The summed E-state index contributed by atoms with van der Waals surface area (Å²) in [6, 6.07) is 0. The molecule has 0 radical (unpaired) electrons. The number of rotatable bonds is 4. The van der Waals surface area contributed by atoms with Crippen molar-refractivity contribution in [1.82, 2.24) is 0 Å². The van der Waals surface area contributed by atoms with Crippen molar-refractivity contribution in [3.05, 3.63) is 12.8 Å². The van der Waals surface area contributed by atoms with E-state index in [1.807, 2.05) is 0 Å². The van der Waals surface area contributed by atoms with Gasteiger partial charge < -0.3 is 29.4 Å². The van der Waals surface area contributed by atoms with Crippen molar-refractivity contribution in [3.8, 4) is 0 Å². The molecule has 0 fully saturated rings. The van der Waals surface area contributed by atoms with Crippen LogP contribution in [0.25, 0.3) is 0 Å². The predicted molar refractivity (Wildman–Crippen MR) is 87.4 cm³/mol. The zero-order valence-electron chi connectivity index (χ0n) is 13.9. The molecule has 0 aromatic heterocycles. The van der Waals surface area contributed by atoms with E-state index in [1.54, 1.807) is 13.8 Å². The molecule has 6 nitrogen and oxygen atoms in total. The van der Waals surface area contributed by atoms with Gasteiger partial charge in [-0.3, -0.25) is 0 Å². The molecule has 0 aromatic rings. The van der Waals surface area contributed by atoms with E-state index in [4.69, 9.17) is 29.4 Å². The monoisotopic (exact) mass is 344 g/mol. The van der Waals surface area contributed by atoms with E-state index in [-0.39, 0.29) is 44.9 Å². The summed E-state index contributed by atoms with van der Waals surface area (Å²) >= 11 is 0. The van der Waals surface area contributed by atoms with Crippen LogP contribution in [0.1, 0.15) is 41.5 Å². The van der Waals surface area contributed by atoms with Crippen molar-refractivity contribution in [1.29, 1.82) is 0 Å². The number of hydrogen-bond donors (Lipinski definition) is 0. The van der Waals surface area contributed by atoms with E-state index in [2.05, 4.69) is 0 Å². The summed E-state index contributed by atoms with van der Waals surface area (Å²) in [5, 5.41) is 12.4. The first-order valence-corrected chi connectivity index (χ1v) is 6.17. The van der Waals surface area contributed by atoms with Crippen molar-refractivity contribution in [2.45, 2.75) is 41.5 Å². The topological polar surface area (TPSA) is 131 Å². The first-order chi connectivity index (χ1) is 9.08. The average Bonchev–Trinajstić information content (AvgIpc) is 2.15. The third kappa shape index (κ3) is 111. The summed E-state index contributed by atoms with van der Waals surface area (Å²) in [7, 11) is 0. The average molecular weight is 344 g/mol. The van der Waals surface area contributed by atoms with Crippen LogP contribution >= 0.6 is 0 Å². The van der Waals surface area contributed by atoms with Crippen molar-refractivity contribution in [2.24, 2.45) is 0 Å². The maximum absolute atomic E-state index is 8.40.